The Morgan fingerprint density at radius 3 is 2.60 bits per heavy atom. The number of thiocarbonyl (C=S) groups is 1. The lowest BCUT2D eigenvalue weighted by molar-refractivity contribution is 0.412. The predicted molar refractivity (Wildman–Crippen MR) is 91.8 cm³/mol. The molecule has 0 aliphatic rings. The number of rotatable bonds is 4. The maximum absolute atomic E-state index is 5.54. The molecule has 1 aromatic heterocycles. The lowest BCUT2D eigenvalue weighted by atomic mass is 10.2. The Morgan fingerprint density at radius 1 is 1.30 bits per heavy atom. The van der Waals surface area contributed by atoms with E-state index in [1.807, 2.05) is 24.3 Å². The maximum atomic E-state index is 5.54. The van der Waals surface area contributed by atoms with Gasteiger partial charge >= 0.3 is 0 Å². The van der Waals surface area contributed by atoms with Crippen LogP contribution in [0.4, 0.5) is 11.5 Å². The van der Waals surface area contributed by atoms with E-state index in [0.29, 0.717) is 10.8 Å². The van der Waals surface area contributed by atoms with E-state index < -0.39 is 0 Å². The van der Waals surface area contributed by atoms with Crippen molar-refractivity contribution in [3.8, 4) is 5.75 Å². The van der Waals surface area contributed by atoms with Gasteiger partial charge in [0, 0.05) is 22.3 Å². The number of nitrogens with zero attached hydrogens (tertiary/aromatic N) is 1. The van der Waals surface area contributed by atoms with Crippen molar-refractivity contribution < 1.29 is 4.74 Å². The molecule has 0 fully saturated rings. The van der Waals surface area contributed by atoms with Crippen molar-refractivity contribution in [2.24, 2.45) is 5.73 Å². The minimum atomic E-state index is 0.329. The number of hydrogen-bond donors (Lipinski definition) is 2. The van der Waals surface area contributed by atoms with E-state index in [-0.39, 0.29) is 0 Å². The number of halogens is 2. The number of ether oxygens (including phenoxy) is 1. The average molecular weight is 417 g/mol. The molecule has 0 spiro atoms. The van der Waals surface area contributed by atoms with E-state index in [0.717, 1.165) is 25.9 Å². The zero-order chi connectivity index (χ0) is 14.7. The summed E-state index contributed by atoms with van der Waals surface area (Å²) in [6, 6.07) is 7.42. The normalized spacial score (nSPS) is 10.2. The van der Waals surface area contributed by atoms with Gasteiger partial charge in [-0.3, -0.25) is 0 Å². The predicted octanol–water partition coefficient (Wildman–Crippen LogP) is 3.99. The van der Waals surface area contributed by atoms with Crippen LogP contribution in [0, 0.1) is 0 Å². The van der Waals surface area contributed by atoms with E-state index in [9.17, 15) is 0 Å². The second-order valence-electron chi connectivity index (χ2n) is 3.89. The number of pyridine rings is 1. The first-order chi connectivity index (χ1) is 9.51. The second kappa shape index (κ2) is 6.51. The van der Waals surface area contributed by atoms with E-state index in [2.05, 4.69) is 42.2 Å². The van der Waals surface area contributed by atoms with E-state index in [1.165, 1.54) is 0 Å². The summed E-state index contributed by atoms with van der Waals surface area (Å²) in [7, 11) is 1.62. The van der Waals surface area contributed by atoms with Crippen LogP contribution in [0.2, 0.25) is 0 Å². The molecule has 0 saturated carbocycles. The molecule has 4 nitrogen and oxygen atoms in total. The molecule has 0 saturated heterocycles. The molecule has 20 heavy (non-hydrogen) atoms. The van der Waals surface area contributed by atoms with Gasteiger partial charge in [-0.05, 0) is 50.1 Å². The summed E-state index contributed by atoms with van der Waals surface area (Å²) in [6.45, 7) is 0. The fourth-order valence-electron chi connectivity index (χ4n) is 1.53. The fourth-order valence-corrected chi connectivity index (χ4v) is 2.91. The minimum absolute atomic E-state index is 0.329. The third-order valence-electron chi connectivity index (χ3n) is 2.55. The first kappa shape index (κ1) is 15.2. The van der Waals surface area contributed by atoms with Gasteiger partial charge in [-0.1, -0.05) is 12.2 Å². The molecule has 2 rings (SSSR count). The number of benzene rings is 1. The van der Waals surface area contributed by atoms with Gasteiger partial charge in [0.2, 0.25) is 0 Å². The van der Waals surface area contributed by atoms with Gasteiger partial charge in [-0.15, -0.1) is 0 Å². The number of methoxy groups -OCH3 is 1. The number of aromatic nitrogens is 1. The van der Waals surface area contributed by atoms with Crippen molar-refractivity contribution in [1.82, 2.24) is 4.98 Å². The Kier molecular flexibility index (Phi) is 4.95. The summed E-state index contributed by atoms with van der Waals surface area (Å²) in [6.07, 6.45) is 1.63. The van der Waals surface area contributed by atoms with Gasteiger partial charge in [0.1, 0.15) is 16.6 Å². The van der Waals surface area contributed by atoms with Crippen LogP contribution in [-0.2, 0) is 0 Å². The van der Waals surface area contributed by atoms with Crippen LogP contribution in [0.25, 0.3) is 0 Å². The highest BCUT2D eigenvalue weighted by Gasteiger charge is 2.08. The first-order valence-electron chi connectivity index (χ1n) is 5.57. The molecule has 0 bridgehead atoms. The summed E-state index contributed by atoms with van der Waals surface area (Å²) < 4.78 is 7.03. The van der Waals surface area contributed by atoms with Crippen molar-refractivity contribution in [2.45, 2.75) is 0 Å². The summed E-state index contributed by atoms with van der Waals surface area (Å²) in [5, 5.41) is 3.20. The number of nitrogens with two attached hydrogens (primary N) is 1. The second-order valence-corrected chi connectivity index (χ2v) is 6.04. The first-order valence-corrected chi connectivity index (χ1v) is 7.56. The molecule has 104 valence electrons. The largest absolute Gasteiger partial charge is 0.495 e. The molecule has 1 heterocycles. The van der Waals surface area contributed by atoms with Gasteiger partial charge in [0.05, 0.1) is 17.3 Å². The molecular formula is C13H11Br2N3OS. The van der Waals surface area contributed by atoms with Gasteiger partial charge in [-0.2, -0.15) is 0 Å². The Bertz CT molecular complexity index is 647. The molecule has 0 amide bonds. The van der Waals surface area contributed by atoms with Crippen molar-refractivity contribution in [2.75, 3.05) is 12.4 Å². The van der Waals surface area contributed by atoms with Gasteiger partial charge < -0.3 is 15.8 Å². The standard InChI is InChI=1S/C13H11Br2N3OS/c1-19-11-5-10(8(14)4-9(11)15)18-12-3-2-7(6-17-12)13(16)20/h2-6H,1H3,(H2,16,20)(H,17,18). The van der Waals surface area contributed by atoms with Crippen LogP contribution >= 0.6 is 44.1 Å². The van der Waals surface area contributed by atoms with E-state index in [4.69, 9.17) is 22.7 Å². The number of anilines is 2. The summed E-state index contributed by atoms with van der Waals surface area (Å²) in [5.74, 6) is 1.42. The quantitative estimate of drug-likeness (QED) is 0.737. The highest BCUT2D eigenvalue weighted by Crippen LogP contribution is 2.35. The third-order valence-corrected chi connectivity index (χ3v) is 4.06. The minimum Gasteiger partial charge on any atom is -0.495 e. The molecule has 3 N–H and O–H groups in total. The van der Waals surface area contributed by atoms with E-state index in [1.54, 1.807) is 13.3 Å². The Morgan fingerprint density at radius 2 is 2.05 bits per heavy atom. The van der Waals surface area contributed by atoms with Crippen LogP contribution in [0.5, 0.6) is 5.75 Å². The van der Waals surface area contributed by atoms with Crippen molar-refractivity contribution >= 4 is 60.6 Å². The Labute approximate surface area is 139 Å². The van der Waals surface area contributed by atoms with Crippen LogP contribution in [0.15, 0.2) is 39.4 Å². The number of nitrogens with one attached hydrogen (secondary N) is 1. The molecule has 2 aromatic rings. The molecule has 0 aliphatic heterocycles. The van der Waals surface area contributed by atoms with Crippen LogP contribution < -0.4 is 15.8 Å². The zero-order valence-corrected chi connectivity index (χ0v) is 14.5. The maximum Gasteiger partial charge on any atom is 0.135 e. The van der Waals surface area contributed by atoms with Crippen molar-refractivity contribution in [3.63, 3.8) is 0 Å². The molecule has 7 heteroatoms. The van der Waals surface area contributed by atoms with Crippen molar-refractivity contribution in [1.29, 1.82) is 0 Å². The highest BCUT2D eigenvalue weighted by molar-refractivity contribution is 9.11. The summed E-state index contributed by atoms with van der Waals surface area (Å²) in [4.78, 5) is 4.59. The summed E-state index contributed by atoms with van der Waals surface area (Å²) in [5.41, 5.74) is 7.12. The van der Waals surface area contributed by atoms with Gasteiger partial charge in [0.25, 0.3) is 0 Å². The molecular weight excluding hydrogens is 406 g/mol. The Hall–Kier alpha value is -1.18. The number of hydrogen-bond acceptors (Lipinski definition) is 4. The molecule has 0 aliphatic carbocycles. The third kappa shape index (κ3) is 3.47. The van der Waals surface area contributed by atoms with E-state index >= 15 is 0 Å². The smallest absolute Gasteiger partial charge is 0.135 e. The Balaban J connectivity index is 2.27. The highest BCUT2D eigenvalue weighted by atomic mass is 79.9. The zero-order valence-electron chi connectivity index (χ0n) is 10.5. The van der Waals surface area contributed by atoms with Crippen LogP contribution in [0.3, 0.4) is 0 Å². The topological polar surface area (TPSA) is 60.2 Å². The summed E-state index contributed by atoms with van der Waals surface area (Å²) >= 11 is 11.8. The molecule has 0 radical (unpaired) electrons. The average Bonchev–Trinajstić information content (AvgIpc) is 2.42. The lowest BCUT2D eigenvalue weighted by Crippen LogP contribution is -2.09. The van der Waals surface area contributed by atoms with Gasteiger partial charge in [0.15, 0.2) is 0 Å². The van der Waals surface area contributed by atoms with Crippen molar-refractivity contribution in [3.05, 3.63) is 45.0 Å². The molecule has 1 aromatic carbocycles. The fraction of sp³-hybridized carbons (Fsp3) is 0.0769. The van der Waals surface area contributed by atoms with Gasteiger partial charge in [-0.25, -0.2) is 4.98 Å². The monoisotopic (exact) mass is 415 g/mol. The molecule has 0 atom stereocenters. The van der Waals surface area contributed by atoms with Crippen LogP contribution in [0.1, 0.15) is 5.56 Å². The molecule has 0 unspecified atom stereocenters. The SMILES string of the molecule is COc1cc(Nc2ccc(C(N)=S)cn2)c(Br)cc1Br. The lowest BCUT2D eigenvalue weighted by Gasteiger charge is -2.11. The van der Waals surface area contributed by atoms with Crippen LogP contribution in [-0.4, -0.2) is 17.1 Å².